The molecule has 0 atom stereocenters. The van der Waals surface area contributed by atoms with Gasteiger partial charge in [-0.25, -0.2) is 0 Å². The smallest absolute Gasteiger partial charge is 0.0723 e. The number of rotatable bonds is 4. The molecule has 1 fully saturated rings. The molecule has 0 amide bonds. The molecule has 1 aliphatic rings. The van der Waals surface area contributed by atoms with Gasteiger partial charge in [-0.05, 0) is 32.6 Å². The van der Waals surface area contributed by atoms with E-state index in [0.717, 1.165) is 17.9 Å². The van der Waals surface area contributed by atoms with Crippen LogP contribution in [0, 0.1) is 5.92 Å². The van der Waals surface area contributed by atoms with Crippen LogP contribution < -0.4 is 0 Å². The Kier molecular flexibility index (Phi) is 4.74. The summed E-state index contributed by atoms with van der Waals surface area (Å²) in [6.45, 7) is 5.24. The third kappa shape index (κ3) is 4.46. The van der Waals surface area contributed by atoms with Crippen LogP contribution in [0.3, 0.4) is 0 Å². The molecular weight excluding hydrogens is 228 g/mol. The molecule has 1 saturated carbocycles. The minimum absolute atomic E-state index is 0.0114. The summed E-state index contributed by atoms with van der Waals surface area (Å²) in [4.78, 5) is 0. The third-order valence-corrected chi connectivity index (χ3v) is 4.11. The molecule has 1 aliphatic carbocycles. The first-order chi connectivity index (χ1) is 6.14. The average Bonchev–Trinajstić information content (AvgIpc) is 2.17. The van der Waals surface area contributed by atoms with Crippen LogP contribution in [0.15, 0.2) is 0 Å². The van der Waals surface area contributed by atoms with Crippen molar-refractivity contribution >= 4 is 15.9 Å². The highest BCUT2D eigenvalue weighted by atomic mass is 79.9. The first-order valence-corrected chi connectivity index (χ1v) is 6.46. The lowest BCUT2D eigenvalue weighted by molar-refractivity contribution is -0.0237. The minimum atomic E-state index is 0.0114. The van der Waals surface area contributed by atoms with E-state index in [2.05, 4.69) is 29.8 Å². The number of halogens is 1. The summed E-state index contributed by atoms with van der Waals surface area (Å²) in [5.74, 6) is 0.826. The van der Waals surface area contributed by atoms with Gasteiger partial charge in [-0.15, -0.1) is 0 Å². The Morgan fingerprint density at radius 1 is 1.23 bits per heavy atom. The molecule has 0 aliphatic heterocycles. The third-order valence-electron chi connectivity index (χ3n) is 2.76. The van der Waals surface area contributed by atoms with Crippen LogP contribution >= 0.6 is 15.9 Å². The molecule has 1 nitrogen and oxygen atoms in total. The highest BCUT2D eigenvalue weighted by Gasteiger charge is 2.20. The van der Waals surface area contributed by atoms with Gasteiger partial charge in [-0.2, -0.15) is 0 Å². The molecule has 0 aromatic carbocycles. The van der Waals surface area contributed by atoms with Crippen molar-refractivity contribution < 1.29 is 4.74 Å². The molecule has 0 heterocycles. The van der Waals surface area contributed by atoms with Crippen molar-refractivity contribution in [2.24, 2.45) is 5.92 Å². The van der Waals surface area contributed by atoms with E-state index < -0.39 is 0 Å². The predicted molar refractivity (Wildman–Crippen MR) is 60.4 cm³/mol. The summed E-state index contributed by atoms with van der Waals surface area (Å²) in [7, 11) is 0. The maximum Gasteiger partial charge on any atom is 0.0723 e. The van der Waals surface area contributed by atoms with Gasteiger partial charge in [0.15, 0.2) is 0 Å². The highest BCUT2D eigenvalue weighted by molar-refractivity contribution is 9.09. The van der Waals surface area contributed by atoms with Gasteiger partial charge >= 0.3 is 0 Å². The van der Waals surface area contributed by atoms with Gasteiger partial charge in [0.1, 0.15) is 0 Å². The molecule has 0 aromatic heterocycles. The van der Waals surface area contributed by atoms with Crippen LogP contribution in [-0.4, -0.2) is 17.5 Å². The van der Waals surface area contributed by atoms with E-state index in [1.165, 1.54) is 32.1 Å². The van der Waals surface area contributed by atoms with Gasteiger partial charge in [0.05, 0.1) is 12.2 Å². The van der Waals surface area contributed by atoms with Crippen LogP contribution in [0.2, 0.25) is 0 Å². The van der Waals surface area contributed by atoms with Gasteiger partial charge in [0.25, 0.3) is 0 Å². The van der Waals surface area contributed by atoms with Crippen LogP contribution in [0.1, 0.15) is 46.0 Å². The zero-order valence-corrected chi connectivity index (χ0v) is 10.4. The fourth-order valence-electron chi connectivity index (χ4n) is 1.74. The highest BCUT2D eigenvalue weighted by Crippen LogP contribution is 2.25. The maximum atomic E-state index is 5.87. The SMILES string of the molecule is CC(C)(CBr)OCC1CCCCC1. The molecule has 0 N–H and O–H groups in total. The molecule has 0 aromatic rings. The van der Waals surface area contributed by atoms with Gasteiger partial charge < -0.3 is 4.74 Å². The molecule has 0 radical (unpaired) electrons. The van der Waals surface area contributed by atoms with E-state index in [9.17, 15) is 0 Å². The Balaban J connectivity index is 2.17. The lowest BCUT2D eigenvalue weighted by Crippen LogP contribution is -2.29. The van der Waals surface area contributed by atoms with Gasteiger partial charge in [0, 0.05) is 5.33 Å². The average molecular weight is 249 g/mol. The monoisotopic (exact) mass is 248 g/mol. The van der Waals surface area contributed by atoms with Crippen LogP contribution in [-0.2, 0) is 4.74 Å². The van der Waals surface area contributed by atoms with Crippen molar-refractivity contribution in [3.8, 4) is 0 Å². The molecule has 0 unspecified atom stereocenters. The molecule has 2 heteroatoms. The fraction of sp³-hybridized carbons (Fsp3) is 1.00. The summed E-state index contributed by atoms with van der Waals surface area (Å²) in [6, 6.07) is 0. The zero-order chi connectivity index (χ0) is 9.73. The Hall–Kier alpha value is 0.440. The topological polar surface area (TPSA) is 9.23 Å². The molecule has 0 bridgehead atoms. The van der Waals surface area contributed by atoms with Gasteiger partial charge in [-0.3, -0.25) is 0 Å². The van der Waals surface area contributed by atoms with Crippen molar-refractivity contribution in [2.75, 3.05) is 11.9 Å². The summed E-state index contributed by atoms with van der Waals surface area (Å²) in [5, 5.41) is 0.923. The van der Waals surface area contributed by atoms with E-state index >= 15 is 0 Å². The molecule has 0 saturated heterocycles. The summed E-state index contributed by atoms with van der Waals surface area (Å²) < 4.78 is 5.87. The normalized spacial score (nSPS) is 20.5. The Labute approximate surface area is 90.4 Å². The lowest BCUT2D eigenvalue weighted by Gasteiger charge is -2.28. The predicted octanol–water partition coefficient (Wildman–Crippen LogP) is 3.76. The number of alkyl halides is 1. The molecule has 0 spiro atoms. The van der Waals surface area contributed by atoms with Crippen molar-refractivity contribution in [1.82, 2.24) is 0 Å². The van der Waals surface area contributed by atoms with Gasteiger partial charge in [0.2, 0.25) is 0 Å². The van der Waals surface area contributed by atoms with Crippen LogP contribution in [0.5, 0.6) is 0 Å². The van der Waals surface area contributed by atoms with E-state index in [0.29, 0.717) is 0 Å². The summed E-state index contributed by atoms with van der Waals surface area (Å²) in [5.41, 5.74) is 0.0114. The second-order valence-electron chi connectivity index (χ2n) is 4.71. The number of hydrogen-bond acceptors (Lipinski definition) is 1. The molecular formula is C11H21BrO. The zero-order valence-electron chi connectivity index (χ0n) is 8.81. The minimum Gasteiger partial charge on any atom is -0.374 e. The molecule has 13 heavy (non-hydrogen) atoms. The summed E-state index contributed by atoms with van der Waals surface area (Å²) >= 11 is 3.47. The summed E-state index contributed by atoms with van der Waals surface area (Å²) in [6.07, 6.45) is 6.99. The standard InChI is InChI=1S/C11H21BrO/c1-11(2,9-12)13-8-10-6-4-3-5-7-10/h10H,3-9H2,1-2H3. The fourth-order valence-corrected chi connectivity index (χ4v) is 1.90. The Morgan fingerprint density at radius 2 is 1.85 bits per heavy atom. The van der Waals surface area contributed by atoms with Crippen molar-refractivity contribution in [3.05, 3.63) is 0 Å². The maximum absolute atomic E-state index is 5.87. The van der Waals surface area contributed by atoms with Gasteiger partial charge in [-0.1, -0.05) is 35.2 Å². The van der Waals surface area contributed by atoms with E-state index in [1.54, 1.807) is 0 Å². The Morgan fingerprint density at radius 3 is 2.38 bits per heavy atom. The van der Waals surface area contributed by atoms with Crippen LogP contribution in [0.4, 0.5) is 0 Å². The van der Waals surface area contributed by atoms with Crippen LogP contribution in [0.25, 0.3) is 0 Å². The lowest BCUT2D eigenvalue weighted by atomic mass is 9.90. The number of hydrogen-bond donors (Lipinski definition) is 0. The largest absolute Gasteiger partial charge is 0.374 e. The van der Waals surface area contributed by atoms with E-state index in [-0.39, 0.29) is 5.60 Å². The molecule has 1 rings (SSSR count). The molecule has 78 valence electrons. The number of ether oxygens (including phenoxy) is 1. The van der Waals surface area contributed by atoms with Crippen molar-refractivity contribution in [1.29, 1.82) is 0 Å². The second kappa shape index (κ2) is 5.35. The first kappa shape index (κ1) is 11.5. The van der Waals surface area contributed by atoms with Crippen molar-refractivity contribution in [2.45, 2.75) is 51.6 Å². The van der Waals surface area contributed by atoms with E-state index in [4.69, 9.17) is 4.74 Å². The van der Waals surface area contributed by atoms with E-state index in [1.807, 2.05) is 0 Å². The van der Waals surface area contributed by atoms with Crippen molar-refractivity contribution in [3.63, 3.8) is 0 Å². The second-order valence-corrected chi connectivity index (χ2v) is 5.27. The quantitative estimate of drug-likeness (QED) is 0.689. The Bertz CT molecular complexity index is 139. The first-order valence-electron chi connectivity index (χ1n) is 5.34.